The van der Waals surface area contributed by atoms with E-state index in [1.165, 1.54) is 30.7 Å². The molecule has 0 saturated carbocycles. The molecule has 5 rings (SSSR count). The molecular weight excluding hydrogens is 549 g/mol. The van der Waals surface area contributed by atoms with Crippen LogP contribution in [0.5, 0.6) is 0 Å². The van der Waals surface area contributed by atoms with Crippen LogP contribution in [0.15, 0.2) is 73.3 Å². The Balaban J connectivity index is 1.44. The summed E-state index contributed by atoms with van der Waals surface area (Å²) in [6, 6.07) is 15.8. The SMILES string of the molecule is CNC(=O)C[C@@H](Nc1ncc(C#N)cc1C(=O)N[C@@H](C)c1ccc(F)cc1)c1ccc(-c2c[nH]c3ncnc(N)c23)cc1. The lowest BCUT2D eigenvalue weighted by Crippen LogP contribution is -2.29. The number of nitrogens with zero attached hydrogens (tertiary/aromatic N) is 4. The molecule has 0 saturated heterocycles. The summed E-state index contributed by atoms with van der Waals surface area (Å²) in [4.78, 5) is 41.7. The van der Waals surface area contributed by atoms with Gasteiger partial charge in [-0.2, -0.15) is 5.26 Å². The summed E-state index contributed by atoms with van der Waals surface area (Å²) in [6.07, 6.45) is 4.60. The van der Waals surface area contributed by atoms with Gasteiger partial charge in [0.1, 0.15) is 35.5 Å². The maximum absolute atomic E-state index is 13.4. The Labute approximate surface area is 246 Å². The fraction of sp³-hybridized carbons (Fsp3) is 0.161. The van der Waals surface area contributed by atoms with E-state index < -0.39 is 18.0 Å². The second-order valence-corrected chi connectivity index (χ2v) is 9.86. The maximum Gasteiger partial charge on any atom is 0.255 e. The van der Waals surface area contributed by atoms with Crippen molar-refractivity contribution >= 4 is 34.5 Å². The van der Waals surface area contributed by atoms with E-state index in [-0.39, 0.29) is 35.1 Å². The van der Waals surface area contributed by atoms with E-state index in [4.69, 9.17) is 5.73 Å². The predicted molar refractivity (Wildman–Crippen MR) is 160 cm³/mol. The Morgan fingerprint density at radius 1 is 1.07 bits per heavy atom. The number of nitrogens with one attached hydrogen (secondary N) is 4. The van der Waals surface area contributed by atoms with Crippen molar-refractivity contribution in [3.05, 3.63) is 101 Å². The van der Waals surface area contributed by atoms with Crippen LogP contribution in [0.2, 0.25) is 0 Å². The number of hydrogen-bond acceptors (Lipinski definition) is 8. The Morgan fingerprint density at radius 2 is 1.79 bits per heavy atom. The van der Waals surface area contributed by atoms with E-state index in [0.717, 1.165) is 16.7 Å². The van der Waals surface area contributed by atoms with E-state index in [2.05, 4.69) is 35.9 Å². The van der Waals surface area contributed by atoms with E-state index in [9.17, 15) is 19.2 Å². The largest absolute Gasteiger partial charge is 0.383 e. The first-order chi connectivity index (χ1) is 20.8. The van der Waals surface area contributed by atoms with Gasteiger partial charge in [-0.15, -0.1) is 0 Å². The van der Waals surface area contributed by atoms with Crippen LogP contribution in [0.4, 0.5) is 16.0 Å². The Bertz CT molecular complexity index is 1830. The molecule has 216 valence electrons. The minimum Gasteiger partial charge on any atom is -0.383 e. The third-order valence-corrected chi connectivity index (χ3v) is 7.08. The van der Waals surface area contributed by atoms with Crippen LogP contribution >= 0.6 is 0 Å². The molecule has 2 amide bonds. The minimum atomic E-state index is -0.577. The molecule has 43 heavy (non-hydrogen) atoms. The molecule has 0 aliphatic rings. The molecule has 0 radical (unpaired) electrons. The summed E-state index contributed by atoms with van der Waals surface area (Å²) in [7, 11) is 1.54. The minimum absolute atomic E-state index is 0.0401. The van der Waals surface area contributed by atoms with Gasteiger partial charge in [-0.05, 0) is 41.8 Å². The molecule has 12 heteroatoms. The van der Waals surface area contributed by atoms with Crippen LogP contribution in [-0.2, 0) is 4.79 Å². The van der Waals surface area contributed by atoms with Gasteiger partial charge in [0.25, 0.3) is 5.91 Å². The number of nitriles is 1. The monoisotopic (exact) mass is 577 g/mol. The van der Waals surface area contributed by atoms with Crippen LogP contribution in [0.1, 0.15) is 52.5 Å². The zero-order chi connectivity index (χ0) is 30.5. The van der Waals surface area contributed by atoms with E-state index in [0.29, 0.717) is 22.4 Å². The number of rotatable bonds is 9. The fourth-order valence-electron chi connectivity index (χ4n) is 4.74. The molecule has 5 aromatic rings. The summed E-state index contributed by atoms with van der Waals surface area (Å²) in [5.74, 6) is -0.544. The van der Waals surface area contributed by atoms with Crippen molar-refractivity contribution < 1.29 is 14.0 Å². The molecule has 0 spiro atoms. The van der Waals surface area contributed by atoms with Gasteiger partial charge in [-0.1, -0.05) is 36.4 Å². The fourth-order valence-corrected chi connectivity index (χ4v) is 4.74. The van der Waals surface area contributed by atoms with Crippen LogP contribution in [-0.4, -0.2) is 38.8 Å². The number of halogens is 1. The van der Waals surface area contributed by atoms with E-state index in [1.807, 2.05) is 36.5 Å². The Morgan fingerprint density at radius 3 is 2.49 bits per heavy atom. The van der Waals surface area contributed by atoms with Crippen LogP contribution in [0, 0.1) is 17.1 Å². The summed E-state index contributed by atoms with van der Waals surface area (Å²) in [5.41, 5.74) is 10.2. The summed E-state index contributed by atoms with van der Waals surface area (Å²) in [6.45, 7) is 1.77. The number of nitrogen functional groups attached to an aromatic ring is 1. The van der Waals surface area contributed by atoms with Gasteiger partial charge < -0.3 is 26.7 Å². The highest BCUT2D eigenvalue weighted by Gasteiger charge is 2.22. The lowest BCUT2D eigenvalue weighted by molar-refractivity contribution is -0.120. The second kappa shape index (κ2) is 12.4. The van der Waals surface area contributed by atoms with Gasteiger partial charge in [-0.25, -0.2) is 19.3 Å². The van der Waals surface area contributed by atoms with Crippen LogP contribution < -0.4 is 21.7 Å². The zero-order valence-electron chi connectivity index (χ0n) is 23.4. The van der Waals surface area contributed by atoms with Crippen molar-refractivity contribution in [1.82, 2.24) is 30.6 Å². The molecule has 2 atom stereocenters. The van der Waals surface area contributed by atoms with Crippen LogP contribution in [0.25, 0.3) is 22.2 Å². The molecule has 11 nitrogen and oxygen atoms in total. The number of nitrogens with two attached hydrogens (primary N) is 1. The normalized spacial score (nSPS) is 12.2. The molecular formula is C31H28FN9O2. The number of benzene rings is 2. The second-order valence-electron chi connectivity index (χ2n) is 9.86. The maximum atomic E-state index is 13.4. The van der Waals surface area contributed by atoms with Crippen LogP contribution in [0.3, 0.4) is 0 Å². The van der Waals surface area contributed by atoms with E-state index in [1.54, 1.807) is 26.1 Å². The first-order valence-corrected chi connectivity index (χ1v) is 13.4. The van der Waals surface area contributed by atoms with Crippen molar-refractivity contribution in [2.75, 3.05) is 18.1 Å². The molecule has 0 unspecified atom stereocenters. The number of fused-ring (bicyclic) bond motifs is 1. The van der Waals surface area contributed by atoms with Crippen molar-refractivity contribution in [3.8, 4) is 17.2 Å². The number of hydrogen-bond donors (Lipinski definition) is 5. The Kier molecular flexibility index (Phi) is 8.25. The van der Waals surface area contributed by atoms with Gasteiger partial charge in [0.2, 0.25) is 5.91 Å². The topological polar surface area (TPSA) is 174 Å². The number of anilines is 2. The molecule has 2 aromatic carbocycles. The summed E-state index contributed by atoms with van der Waals surface area (Å²) >= 11 is 0. The summed E-state index contributed by atoms with van der Waals surface area (Å²) in [5, 5.41) is 18.9. The highest BCUT2D eigenvalue weighted by atomic mass is 19.1. The third-order valence-electron chi connectivity index (χ3n) is 7.08. The van der Waals surface area contributed by atoms with Crippen molar-refractivity contribution in [1.29, 1.82) is 5.26 Å². The first-order valence-electron chi connectivity index (χ1n) is 13.4. The smallest absolute Gasteiger partial charge is 0.255 e. The number of carbonyl (C=O) groups is 2. The van der Waals surface area contributed by atoms with Gasteiger partial charge in [0.15, 0.2) is 0 Å². The molecule has 0 aliphatic heterocycles. The summed E-state index contributed by atoms with van der Waals surface area (Å²) < 4.78 is 13.4. The van der Waals surface area contributed by atoms with Gasteiger partial charge in [0, 0.05) is 25.0 Å². The quantitative estimate of drug-likeness (QED) is 0.171. The molecule has 3 heterocycles. The molecule has 0 bridgehead atoms. The number of aromatic nitrogens is 4. The highest BCUT2D eigenvalue weighted by Crippen LogP contribution is 2.32. The molecule has 3 aromatic heterocycles. The molecule has 6 N–H and O–H groups in total. The number of amides is 2. The predicted octanol–water partition coefficient (Wildman–Crippen LogP) is 4.39. The third kappa shape index (κ3) is 6.25. The average Bonchev–Trinajstić information content (AvgIpc) is 3.46. The Hall–Kier alpha value is -5.83. The van der Waals surface area contributed by atoms with Gasteiger partial charge >= 0.3 is 0 Å². The van der Waals surface area contributed by atoms with E-state index >= 15 is 0 Å². The van der Waals surface area contributed by atoms with Gasteiger partial charge in [-0.3, -0.25) is 9.59 Å². The molecule has 0 fully saturated rings. The highest BCUT2D eigenvalue weighted by molar-refractivity contribution is 6.00. The standard InChI is InChI=1S/C31H28FN9O2/c1-17(19-7-9-22(32)10-8-19)40-31(43)23-11-18(13-33)14-36-29(23)41-25(12-26(42)35-2)21-5-3-20(4-6-21)24-15-37-30-27(24)28(34)38-16-39-30/h3-11,14-17,25H,12H2,1-2H3,(H,35,42)(H,36,41)(H,40,43)(H3,34,37,38,39)/t17-,25+/m0/s1. The van der Waals surface area contributed by atoms with Gasteiger partial charge in [0.05, 0.1) is 35.0 Å². The van der Waals surface area contributed by atoms with Crippen molar-refractivity contribution in [3.63, 3.8) is 0 Å². The molecule has 0 aliphatic carbocycles. The number of carbonyl (C=O) groups excluding carboxylic acids is 2. The number of pyridine rings is 1. The lowest BCUT2D eigenvalue weighted by Gasteiger charge is -2.22. The van der Waals surface area contributed by atoms with Crippen molar-refractivity contribution in [2.45, 2.75) is 25.4 Å². The number of aromatic amines is 1. The zero-order valence-corrected chi connectivity index (χ0v) is 23.4. The average molecular weight is 578 g/mol. The first kappa shape index (κ1) is 28.7. The van der Waals surface area contributed by atoms with Crippen molar-refractivity contribution in [2.24, 2.45) is 0 Å². The number of H-pyrrole nitrogens is 1. The lowest BCUT2D eigenvalue weighted by atomic mass is 9.98.